The molecule has 5 nitrogen and oxygen atoms in total. The Morgan fingerprint density at radius 2 is 2.40 bits per heavy atom. The molecule has 0 saturated carbocycles. The van der Waals surface area contributed by atoms with Crippen LogP contribution in [-0.2, 0) is 4.74 Å². The Hall–Kier alpha value is -1.46. The molecular formula is C14H19ClN2O3. The third-order valence-corrected chi connectivity index (χ3v) is 3.56. The summed E-state index contributed by atoms with van der Waals surface area (Å²) >= 11 is 6.02. The van der Waals surface area contributed by atoms with Crippen molar-refractivity contribution in [3.8, 4) is 5.75 Å². The molecule has 1 aromatic carbocycles. The second kappa shape index (κ2) is 6.81. The van der Waals surface area contributed by atoms with Crippen molar-refractivity contribution in [1.82, 2.24) is 4.90 Å². The maximum absolute atomic E-state index is 12.1. The molecule has 6 heteroatoms. The van der Waals surface area contributed by atoms with E-state index >= 15 is 0 Å². The lowest BCUT2D eigenvalue weighted by Crippen LogP contribution is -2.37. The molecule has 1 saturated heterocycles. The van der Waals surface area contributed by atoms with Crippen molar-refractivity contribution >= 4 is 23.3 Å². The molecule has 2 amide bonds. The van der Waals surface area contributed by atoms with Crippen LogP contribution in [0, 0.1) is 0 Å². The number of rotatable bonds is 4. The highest BCUT2D eigenvalue weighted by molar-refractivity contribution is 6.32. The molecular weight excluding hydrogens is 280 g/mol. The zero-order valence-corrected chi connectivity index (χ0v) is 12.4. The maximum Gasteiger partial charge on any atom is 0.321 e. The highest BCUT2D eigenvalue weighted by Gasteiger charge is 2.20. The molecule has 20 heavy (non-hydrogen) atoms. The van der Waals surface area contributed by atoms with Gasteiger partial charge in [0.15, 0.2) is 5.75 Å². The first-order chi connectivity index (χ1) is 9.61. The Bertz CT molecular complexity index is 475. The zero-order chi connectivity index (χ0) is 14.5. The lowest BCUT2D eigenvalue weighted by atomic mass is 10.2. The fourth-order valence-corrected chi connectivity index (χ4v) is 2.45. The van der Waals surface area contributed by atoms with Gasteiger partial charge in [0.2, 0.25) is 0 Å². The summed E-state index contributed by atoms with van der Waals surface area (Å²) in [6.45, 7) is 1.36. The van der Waals surface area contributed by atoms with Gasteiger partial charge in [-0.15, -0.1) is 0 Å². The average molecular weight is 299 g/mol. The molecule has 0 radical (unpaired) electrons. The van der Waals surface area contributed by atoms with Crippen LogP contribution in [0.4, 0.5) is 10.5 Å². The molecule has 1 N–H and O–H groups in total. The highest BCUT2D eigenvalue weighted by atomic mass is 35.5. The van der Waals surface area contributed by atoms with Gasteiger partial charge in [-0.05, 0) is 25.0 Å². The molecule has 110 valence electrons. The van der Waals surface area contributed by atoms with E-state index in [0.717, 1.165) is 19.4 Å². The molecule has 1 aromatic rings. The standard InChI is InChI=1S/C14H19ClN2O3/c1-17(9-10-5-4-8-20-10)14(18)16-12-7-3-6-11(15)13(12)19-2/h3,6-7,10H,4-5,8-9H2,1-2H3,(H,16,18). The van der Waals surface area contributed by atoms with Crippen molar-refractivity contribution in [2.75, 3.05) is 32.6 Å². The van der Waals surface area contributed by atoms with E-state index in [2.05, 4.69) is 5.32 Å². The number of nitrogens with one attached hydrogen (secondary N) is 1. The summed E-state index contributed by atoms with van der Waals surface area (Å²) in [5, 5.41) is 3.26. The molecule has 1 aliphatic heterocycles. The normalized spacial score (nSPS) is 17.9. The summed E-state index contributed by atoms with van der Waals surface area (Å²) in [4.78, 5) is 13.7. The maximum atomic E-state index is 12.1. The van der Waals surface area contributed by atoms with Gasteiger partial charge in [0.05, 0.1) is 23.9 Å². The summed E-state index contributed by atoms with van der Waals surface area (Å²) in [5.74, 6) is 0.466. The Morgan fingerprint density at radius 1 is 1.60 bits per heavy atom. The van der Waals surface area contributed by atoms with Crippen LogP contribution in [-0.4, -0.2) is 44.3 Å². The van der Waals surface area contributed by atoms with Crippen molar-refractivity contribution in [1.29, 1.82) is 0 Å². The Balaban J connectivity index is 1.98. The summed E-state index contributed by atoms with van der Waals surface area (Å²) < 4.78 is 10.7. The first-order valence-electron chi connectivity index (χ1n) is 6.58. The number of hydrogen-bond donors (Lipinski definition) is 1. The van der Waals surface area contributed by atoms with E-state index in [0.29, 0.717) is 23.0 Å². The minimum atomic E-state index is -0.207. The second-order valence-corrected chi connectivity index (χ2v) is 5.17. The number of benzene rings is 1. The molecule has 0 aliphatic carbocycles. The number of nitrogens with zero attached hydrogens (tertiary/aromatic N) is 1. The van der Waals surface area contributed by atoms with E-state index in [4.69, 9.17) is 21.1 Å². The van der Waals surface area contributed by atoms with Gasteiger partial charge in [-0.25, -0.2) is 4.79 Å². The van der Waals surface area contributed by atoms with Gasteiger partial charge in [-0.3, -0.25) is 0 Å². The van der Waals surface area contributed by atoms with Crippen LogP contribution in [0.1, 0.15) is 12.8 Å². The number of urea groups is 1. The lowest BCUT2D eigenvalue weighted by molar-refractivity contribution is 0.0894. The second-order valence-electron chi connectivity index (χ2n) is 4.77. The fraction of sp³-hybridized carbons (Fsp3) is 0.500. The van der Waals surface area contributed by atoms with E-state index in [1.54, 1.807) is 30.1 Å². The van der Waals surface area contributed by atoms with Gasteiger partial charge < -0.3 is 19.7 Å². The molecule has 1 aliphatic rings. The van der Waals surface area contributed by atoms with Crippen molar-refractivity contribution in [2.45, 2.75) is 18.9 Å². The molecule has 1 unspecified atom stereocenters. The number of amides is 2. The molecule has 1 heterocycles. The molecule has 0 spiro atoms. The summed E-state index contributed by atoms with van der Waals surface area (Å²) in [6.07, 6.45) is 2.19. The number of halogens is 1. The average Bonchev–Trinajstić information content (AvgIpc) is 2.91. The summed E-state index contributed by atoms with van der Waals surface area (Å²) in [5.41, 5.74) is 0.559. The minimum absolute atomic E-state index is 0.131. The topological polar surface area (TPSA) is 50.8 Å². The number of carbonyl (C=O) groups is 1. The Labute approximate surface area is 123 Å². The van der Waals surface area contributed by atoms with Crippen LogP contribution in [0.15, 0.2) is 18.2 Å². The number of para-hydroxylation sites is 1. The van der Waals surface area contributed by atoms with Crippen LogP contribution >= 0.6 is 11.6 Å². The van der Waals surface area contributed by atoms with Crippen molar-refractivity contribution in [2.24, 2.45) is 0 Å². The van der Waals surface area contributed by atoms with Crippen LogP contribution in [0.2, 0.25) is 5.02 Å². The number of ether oxygens (including phenoxy) is 2. The highest BCUT2D eigenvalue weighted by Crippen LogP contribution is 2.32. The number of hydrogen-bond acceptors (Lipinski definition) is 3. The van der Waals surface area contributed by atoms with E-state index in [-0.39, 0.29) is 12.1 Å². The number of carbonyl (C=O) groups excluding carboxylic acids is 1. The number of methoxy groups -OCH3 is 1. The van der Waals surface area contributed by atoms with Crippen LogP contribution in [0.25, 0.3) is 0 Å². The predicted molar refractivity (Wildman–Crippen MR) is 78.6 cm³/mol. The Morgan fingerprint density at radius 3 is 3.05 bits per heavy atom. The van der Waals surface area contributed by atoms with Gasteiger partial charge in [-0.1, -0.05) is 17.7 Å². The van der Waals surface area contributed by atoms with Gasteiger partial charge in [0.1, 0.15) is 0 Å². The number of anilines is 1. The fourth-order valence-electron chi connectivity index (χ4n) is 2.20. The molecule has 0 aromatic heterocycles. The van der Waals surface area contributed by atoms with Crippen LogP contribution in [0.5, 0.6) is 5.75 Å². The third-order valence-electron chi connectivity index (χ3n) is 3.26. The first kappa shape index (κ1) is 14.9. The van der Waals surface area contributed by atoms with E-state index < -0.39 is 0 Å². The predicted octanol–water partition coefficient (Wildman–Crippen LogP) is 2.99. The minimum Gasteiger partial charge on any atom is -0.493 e. The van der Waals surface area contributed by atoms with Crippen molar-refractivity contribution in [3.05, 3.63) is 23.2 Å². The monoisotopic (exact) mass is 298 g/mol. The van der Waals surface area contributed by atoms with Crippen LogP contribution in [0.3, 0.4) is 0 Å². The van der Waals surface area contributed by atoms with Crippen molar-refractivity contribution < 1.29 is 14.3 Å². The first-order valence-corrected chi connectivity index (χ1v) is 6.96. The van der Waals surface area contributed by atoms with Gasteiger partial charge >= 0.3 is 6.03 Å². The molecule has 1 fully saturated rings. The molecule has 0 bridgehead atoms. The van der Waals surface area contributed by atoms with Crippen molar-refractivity contribution in [3.63, 3.8) is 0 Å². The Kier molecular flexibility index (Phi) is 5.09. The quantitative estimate of drug-likeness (QED) is 0.929. The largest absolute Gasteiger partial charge is 0.493 e. The molecule has 2 rings (SSSR count). The summed E-state index contributed by atoms with van der Waals surface area (Å²) in [7, 11) is 3.26. The van der Waals surface area contributed by atoms with E-state index in [1.807, 2.05) is 0 Å². The van der Waals surface area contributed by atoms with Gasteiger partial charge in [0, 0.05) is 20.2 Å². The summed E-state index contributed by atoms with van der Waals surface area (Å²) in [6, 6.07) is 5.02. The lowest BCUT2D eigenvalue weighted by Gasteiger charge is -2.22. The van der Waals surface area contributed by atoms with E-state index in [9.17, 15) is 4.79 Å². The van der Waals surface area contributed by atoms with E-state index in [1.165, 1.54) is 7.11 Å². The van der Waals surface area contributed by atoms with Gasteiger partial charge in [0.25, 0.3) is 0 Å². The van der Waals surface area contributed by atoms with Gasteiger partial charge in [-0.2, -0.15) is 0 Å². The molecule has 1 atom stereocenters. The van der Waals surface area contributed by atoms with Crippen LogP contribution < -0.4 is 10.1 Å². The zero-order valence-electron chi connectivity index (χ0n) is 11.7. The number of likely N-dealkylation sites (N-methyl/N-ethyl adjacent to an activating group) is 1. The SMILES string of the molecule is COc1c(Cl)cccc1NC(=O)N(C)CC1CCCO1. The third kappa shape index (κ3) is 3.55. The smallest absolute Gasteiger partial charge is 0.321 e.